The van der Waals surface area contributed by atoms with E-state index in [-0.39, 0.29) is 28.3 Å². The second kappa shape index (κ2) is 8.36. The third-order valence-electron chi connectivity index (χ3n) is 4.52. The molecule has 0 aliphatic carbocycles. The summed E-state index contributed by atoms with van der Waals surface area (Å²) in [6.07, 6.45) is 0. The number of benzene rings is 2. The van der Waals surface area contributed by atoms with Gasteiger partial charge in [-0.2, -0.15) is 5.26 Å². The zero-order valence-corrected chi connectivity index (χ0v) is 16.5. The first-order valence-electron chi connectivity index (χ1n) is 8.69. The van der Waals surface area contributed by atoms with Gasteiger partial charge in [-0.1, -0.05) is 12.1 Å². The van der Waals surface area contributed by atoms with E-state index >= 15 is 0 Å². The molecule has 1 heterocycles. The number of pyridine rings is 1. The number of nitrogens with two attached hydrogens (primary N) is 1. The van der Waals surface area contributed by atoms with E-state index in [9.17, 15) is 15.4 Å². The molecule has 3 rings (SSSR count). The summed E-state index contributed by atoms with van der Waals surface area (Å²) in [6, 6.07) is 13.0. The number of nitrogens with zero attached hydrogens (tertiary/aromatic N) is 3. The molecule has 0 aliphatic heterocycles. The van der Waals surface area contributed by atoms with Crippen molar-refractivity contribution in [2.24, 2.45) is 0 Å². The molecule has 1 aromatic heterocycles. The fraction of sp³-hybridized carbons (Fsp3) is 0.143. The van der Waals surface area contributed by atoms with Crippen molar-refractivity contribution in [3.63, 3.8) is 0 Å². The van der Waals surface area contributed by atoms with Crippen molar-refractivity contribution in [1.29, 1.82) is 5.26 Å². The van der Waals surface area contributed by atoms with Crippen LogP contribution < -0.4 is 19.9 Å². The predicted octanol–water partition coefficient (Wildman–Crippen LogP) is 3.80. The van der Waals surface area contributed by atoms with Gasteiger partial charge < -0.3 is 19.9 Å². The van der Waals surface area contributed by atoms with Gasteiger partial charge >= 0.3 is 0 Å². The van der Waals surface area contributed by atoms with Crippen LogP contribution in [0.4, 0.5) is 11.5 Å². The monoisotopic (exact) mass is 406 g/mol. The second-order valence-corrected chi connectivity index (χ2v) is 6.11. The average molecular weight is 406 g/mol. The molecule has 0 unspecified atom stereocenters. The third-order valence-corrected chi connectivity index (χ3v) is 4.52. The summed E-state index contributed by atoms with van der Waals surface area (Å²) in [6.45, 7) is 0. The fourth-order valence-electron chi connectivity index (χ4n) is 3.14. The van der Waals surface area contributed by atoms with Crippen LogP contribution in [0.3, 0.4) is 0 Å². The van der Waals surface area contributed by atoms with Gasteiger partial charge in [0.25, 0.3) is 5.69 Å². The minimum Gasteiger partial charge on any atom is -0.496 e. The summed E-state index contributed by atoms with van der Waals surface area (Å²) in [5, 5.41) is 21.2. The first-order valence-corrected chi connectivity index (χ1v) is 8.69. The topological polar surface area (TPSA) is 134 Å². The molecule has 0 fully saturated rings. The van der Waals surface area contributed by atoms with Crippen LogP contribution in [0.1, 0.15) is 5.56 Å². The average Bonchev–Trinajstić information content (AvgIpc) is 2.77. The maximum absolute atomic E-state index is 11.5. The SMILES string of the molecule is COc1cc(OC)c(-c2cc(-c3ccccc3[N+](=O)[O-])nc(N)c2C#N)c(OC)c1. The highest BCUT2D eigenvalue weighted by molar-refractivity contribution is 5.88. The number of nitrogen functional groups attached to an aromatic ring is 1. The molecule has 2 aromatic carbocycles. The Labute approximate surface area is 172 Å². The first-order chi connectivity index (χ1) is 14.4. The lowest BCUT2D eigenvalue weighted by Crippen LogP contribution is -2.03. The van der Waals surface area contributed by atoms with Crippen molar-refractivity contribution in [2.75, 3.05) is 27.1 Å². The predicted molar refractivity (Wildman–Crippen MR) is 111 cm³/mol. The first kappa shape index (κ1) is 20.4. The van der Waals surface area contributed by atoms with Crippen LogP contribution in [0.25, 0.3) is 22.4 Å². The normalized spacial score (nSPS) is 10.2. The zero-order valence-electron chi connectivity index (χ0n) is 16.5. The highest BCUT2D eigenvalue weighted by Gasteiger charge is 2.24. The summed E-state index contributed by atoms with van der Waals surface area (Å²) in [7, 11) is 4.44. The van der Waals surface area contributed by atoms with E-state index in [4.69, 9.17) is 19.9 Å². The largest absolute Gasteiger partial charge is 0.496 e. The standard InChI is InChI=1S/C21H18N4O5/c1-28-12-8-18(29-2)20(19(9-12)30-3)14-10-16(24-21(23)15(14)11-22)13-6-4-5-7-17(13)25(26)27/h4-10H,1-3H3,(H2,23,24). The van der Waals surface area contributed by atoms with E-state index in [1.807, 2.05) is 6.07 Å². The number of methoxy groups -OCH3 is 3. The number of nitro groups is 1. The summed E-state index contributed by atoms with van der Waals surface area (Å²) >= 11 is 0. The number of anilines is 1. The number of ether oxygens (including phenoxy) is 3. The Morgan fingerprint density at radius 2 is 1.67 bits per heavy atom. The summed E-state index contributed by atoms with van der Waals surface area (Å²) in [5.41, 5.74) is 7.36. The van der Waals surface area contributed by atoms with Crippen molar-refractivity contribution in [2.45, 2.75) is 0 Å². The minimum absolute atomic E-state index is 0.0666. The van der Waals surface area contributed by atoms with E-state index in [0.717, 1.165) is 0 Å². The van der Waals surface area contributed by atoms with Gasteiger partial charge in [0.05, 0.1) is 43.1 Å². The highest BCUT2D eigenvalue weighted by Crippen LogP contribution is 2.45. The molecule has 0 bridgehead atoms. The van der Waals surface area contributed by atoms with E-state index in [2.05, 4.69) is 4.98 Å². The highest BCUT2D eigenvalue weighted by atomic mass is 16.6. The Hall–Kier alpha value is -4.32. The summed E-state index contributed by atoms with van der Waals surface area (Å²) < 4.78 is 16.3. The van der Waals surface area contributed by atoms with Crippen LogP contribution in [0.5, 0.6) is 17.2 Å². The number of nitro benzene ring substituents is 1. The molecule has 0 saturated heterocycles. The molecule has 9 nitrogen and oxygen atoms in total. The van der Waals surface area contributed by atoms with Gasteiger partial charge in [0, 0.05) is 23.8 Å². The van der Waals surface area contributed by atoms with Crippen molar-refractivity contribution < 1.29 is 19.1 Å². The van der Waals surface area contributed by atoms with Crippen molar-refractivity contribution in [1.82, 2.24) is 4.98 Å². The zero-order chi connectivity index (χ0) is 21.8. The molecule has 3 aromatic rings. The van der Waals surface area contributed by atoms with E-state index in [1.54, 1.807) is 36.4 Å². The summed E-state index contributed by atoms with van der Waals surface area (Å²) in [4.78, 5) is 15.2. The lowest BCUT2D eigenvalue weighted by molar-refractivity contribution is -0.384. The number of para-hydroxylation sites is 1. The lowest BCUT2D eigenvalue weighted by atomic mass is 9.96. The van der Waals surface area contributed by atoms with E-state index in [0.29, 0.717) is 28.4 Å². The number of nitriles is 1. The smallest absolute Gasteiger partial charge is 0.278 e. The Bertz CT molecular complexity index is 1150. The molecular formula is C21H18N4O5. The van der Waals surface area contributed by atoms with Crippen molar-refractivity contribution in [3.8, 4) is 45.7 Å². The van der Waals surface area contributed by atoms with Crippen molar-refractivity contribution >= 4 is 11.5 Å². The van der Waals surface area contributed by atoms with E-state index < -0.39 is 4.92 Å². The maximum atomic E-state index is 11.5. The Morgan fingerprint density at radius 3 is 2.20 bits per heavy atom. The molecule has 0 radical (unpaired) electrons. The van der Waals surface area contributed by atoms with Gasteiger partial charge in [0.15, 0.2) is 0 Å². The third kappa shape index (κ3) is 3.54. The maximum Gasteiger partial charge on any atom is 0.278 e. The number of aromatic nitrogens is 1. The van der Waals surface area contributed by atoms with Crippen LogP contribution in [0.2, 0.25) is 0 Å². The second-order valence-electron chi connectivity index (χ2n) is 6.11. The van der Waals surface area contributed by atoms with Gasteiger partial charge in [0.2, 0.25) is 0 Å². The van der Waals surface area contributed by atoms with Gasteiger partial charge in [-0.3, -0.25) is 10.1 Å². The fourth-order valence-corrected chi connectivity index (χ4v) is 3.14. The van der Waals surface area contributed by atoms with Gasteiger partial charge in [-0.05, 0) is 12.1 Å². The molecule has 0 spiro atoms. The van der Waals surface area contributed by atoms with Gasteiger partial charge in [-0.25, -0.2) is 4.98 Å². The van der Waals surface area contributed by atoms with Crippen LogP contribution in [0, 0.1) is 21.4 Å². The summed E-state index contributed by atoms with van der Waals surface area (Å²) in [5.74, 6) is 1.18. The van der Waals surface area contributed by atoms with E-state index in [1.165, 1.54) is 27.4 Å². The molecule has 0 saturated carbocycles. The van der Waals surface area contributed by atoms with Crippen molar-refractivity contribution in [3.05, 3.63) is 58.1 Å². The Morgan fingerprint density at radius 1 is 1.03 bits per heavy atom. The van der Waals surface area contributed by atoms with Crippen LogP contribution in [-0.2, 0) is 0 Å². The number of hydrogen-bond donors (Lipinski definition) is 1. The Kier molecular flexibility index (Phi) is 5.69. The quantitative estimate of drug-likeness (QED) is 0.482. The molecule has 0 amide bonds. The molecular weight excluding hydrogens is 388 g/mol. The van der Waals surface area contributed by atoms with Crippen LogP contribution in [-0.4, -0.2) is 31.2 Å². The van der Waals surface area contributed by atoms with Crippen LogP contribution >= 0.6 is 0 Å². The van der Waals surface area contributed by atoms with Gasteiger partial charge in [-0.15, -0.1) is 0 Å². The van der Waals surface area contributed by atoms with Crippen LogP contribution in [0.15, 0.2) is 42.5 Å². The molecule has 0 aliphatic rings. The van der Waals surface area contributed by atoms with Gasteiger partial charge in [0.1, 0.15) is 34.7 Å². The lowest BCUT2D eigenvalue weighted by Gasteiger charge is -2.17. The number of rotatable bonds is 6. The molecule has 152 valence electrons. The number of hydrogen-bond acceptors (Lipinski definition) is 8. The Balaban J connectivity index is 2.38. The molecule has 2 N–H and O–H groups in total. The molecule has 0 atom stereocenters. The molecule has 9 heteroatoms. The molecule has 30 heavy (non-hydrogen) atoms. The minimum atomic E-state index is -0.500.